The SMILES string of the molecule is [2H]c1c([2H])c(-c2cccc3ccccc23)c([2H])c(N(c2c([2H])c([2H])c(-c3cccc(-c4ccccc4)c3)c([2H])c2[2H])c2c([2H])c([2H])c(-c3cc4ccccc4c4ccccc34)c([2H])c2[2H])c1[2H]. The van der Waals surface area contributed by atoms with E-state index in [-0.39, 0.29) is 16.7 Å². The van der Waals surface area contributed by atoms with Crippen molar-refractivity contribution in [3.63, 3.8) is 0 Å². The average molecular weight is 712 g/mol. The summed E-state index contributed by atoms with van der Waals surface area (Å²) < 4.78 is 115. The topological polar surface area (TPSA) is 3.24 Å². The molecular weight excluding hydrogens is 663 g/mol. The summed E-state index contributed by atoms with van der Waals surface area (Å²) in [7, 11) is 0. The predicted molar refractivity (Wildman–Crippen MR) is 235 cm³/mol. The number of fused-ring (bicyclic) bond motifs is 4. The Hall–Kier alpha value is -7.22. The Morgan fingerprint density at radius 1 is 0.309 bits per heavy atom. The third kappa shape index (κ3) is 6.12. The normalized spacial score (nSPS) is 14.3. The zero-order chi connectivity index (χ0) is 47.0. The van der Waals surface area contributed by atoms with Crippen LogP contribution in [0, 0.1) is 0 Å². The molecule has 0 amide bonds. The van der Waals surface area contributed by atoms with E-state index in [1.165, 1.54) is 0 Å². The van der Waals surface area contributed by atoms with Crippen LogP contribution in [0.3, 0.4) is 0 Å². The number of hydrogen-bond acceptors (Lipinski definition) is 1. The van der Waals surface area contributed by atoms with E-state index in [4.69, 9.17) is 0 Å². The Labute approximate surface area is 338 Å². The first-order chi connectivity index (χ1) is 32.3. The molecule has 0 aliphatic carbocycles. The van der Waals surface area contributed by atoms with Crippen molar-refractivity contribution in [2.45, 2.75) is 0 Å². The standard InChI is InChI=1S/C54H37N/c1-2-13-38(14-3-1)42-18-10-19-43(35-42)39-27-31-46(32-28-39)55(48-21-11-20-44(36-48)50-26-12-17-40-15-4-6-22-49(40)50)47-33-29-41(30-34-47)54-37-45-16-5-7-23-51(45)52-24-8-9-25-53(52)54/h1-37H/i11D,20D,21D,27D,28D,29D,30D,31D,32D,33D,34D,36D. The summed E-state index contributed by atoms with van der Waals surface area (Å²) in [6.07, 6.45) is 0. The monoisotopic (exact) mass is 711 g/mol. The molecule has 1 nitrogen and oxygen atoms in total. The molecule has 0 aliphatic rings. The number of nitrogens with zero attached hydrogens (tertiary/aromatic N) is 1. The second-order valence-corrected chi connectivity index (χ2v) is 13.2. The quantitative estimate of drug-likeness (QED) is 0.149. The van der Waals surface area contributed by atoms with Gasteiger partial charge in [0.25, 0.3) is 0 Å². The van der Waals surface area contributed by atoms with Crippen LogP contribution >= 0.6 is 0 Å². The van der Waals surface area contributed by atoms with E-state index in [2.05, 4.69) is 0 Å². The van der Waals surface area contributed by atoms with E-state index < -0.39 is 89.6 Å². The minimum atomic E-state index is -0.725. The summed E-state index contributed by atoms with van der Waals surface area (Å²) in [5, 5.41) is 4.62. The molecule has 10 aromatic carbocycles. The molecule has 0 N–H and O–H groups in total. The van der Waals surface area contributed by atoms with Gasteiger partial charge in [-0.1, -0.05) is 176 Å². The fourth-order valence-corrected chi connectivity index (χ4v) is 7.22. The lowest BCUT2D eigenvalue weighted by atomic mass is 9.93. The molecule has 0 atom stereocenters. The van der Waals surface area contributed by atoms with Crippen molar-refractivity contribution >= 4 is 49.4 Å². The van der Waals surface area contributed by atoms with E-state index in [9.17, 15) is 16.4 Å². The molecule has 0 heterocycles. The molecule has 0 bridgehead atoms. The molecule has 0 radical (unpaired) electrons. The van der Waals surface area contributed by atoms with Gasteiger partial charge >= 0.3 is 0 Å². The van der Waals surface area contributed by atoms with Gasteiger partial charge in [-0.15, -0.1) is 0 Å². The first kappa shape index (κ1) is 22.1. The lowest BCUT2D eigenvalue weighted by molar-refractivity contribution is 1.28. The summed E-state index contributed by atoms with van der Waals surface area (Å²) >= 11 is 0. The van der Waals surface area contributed by atoms with Crippen molar-refractivity contribution < 1.29 is 16.4 Å². The van der Waals surface area contributed by atoms with Crippen molar-refractivity contribution in [3.05, 3.63) is 224 Å². The van der Waals surface area contributed by atoms with Gasteiger partial charge < -0.3 is 4.90 Å². The number of benzene rings is 10. The fraction of sp³-hybridized carbons (Fsp3) is 0. The van der Waals surface area contributed by atoms with Gasteiger partial charge in [0.2, 0.25) is 0 Å². The third-order valence-electron chi connectivity index (χ3n) is 9.86. The van der Waals surface area contributed by atoms with Crippen LogP contribution in [0.15, 0.2) is 224 Å². The highest BCUT2D eigenvalue weighted by Crippen LogP contribution is 2.41. The summed E-state index contributed by atoms with van der Waals surface area (Å²) in [5.41, 5.74) is 0.972. The van der Waals surface area contributed by atoms with Gasteiger partial charge in [0.15, 0.2) is 0 Å². The number of rotatable bonds is 7. The van der Waals surface area contributed by atoms with Crippen LogP contribution in [0.2, 0.25) is 0 Å². The first-order valence-electron chi connectivity index (χ1n) is 24.0. The van der Waals surface area contributed by atoms with Crippen LogP contribution < -0.4 is 4.90 Å². The van der Waals surface area contributed by atoms with E-state index in [1.807, 2.05) is 109 Å². The highest BCUT2D eigenvalue weighted by molar-refractivity contribution is 6.13. The molecule has 0 spiro atoms. The van der Waals surface area contributed by atoms with Crippen molar-refractivity contribution in [1.29, 1.82) is 0 Å². The summed E-state index contributed by atoms with van der Waals surface area (Å²) in [6, 6.07) is 39.0. The van der Waals surface area contributed by atoms with Gasteiger partial charge in [-0.05, 0) is 125 Å². The molecule has 0 aliphatic heterocycles. The van der Waals surface area contributed by atoms with Crippen molar-refractivity contribution in [2.75, 3.05) is 4.90 Å². The fourth-order valence-electron chi connectivity index (χ4n) is 7.22. The van der Waals surface area contributed by atoms with E-state index in [0.29, 0.717) is 27.5 Å². The molecule has 258 valence electrons. The van der Waals surface area contributed by atoms with Crippen LogP contribution in [0.4, 0.5) is 17.1 Å². The van der Waals surface area contributed by atoms with Gasteiger partial charge in [0.05, 0.1) is 16.4 Å². The van der Waals surface area contributed by atoms with Gasteiger partial charge in [0, 0.05) is 17.1 Å². The summed E-state index contributed by atoms with van der Waals surface area (Å²) in [5.74, 6) is 0. The highest BCUT2D eigenvalue weighted by Gasteiger charge is 2.16. The van der Waals surface area contributed by atoms with Crippen LogP contribution in [-0.4, -0.2) is 0 Å². The largest absolute Gasteiger partial charge is 0.310 e. The lowest BCUT2D eigenvalue weighted by Gasteiger charge is -2.26. The molecule has 0 aromatic heterocycles. The maximum atomic E-state index is 9.89. The summed E-state index contributed by atoms with van der Waals surface area (Å²) in [4.78, 5) is 0.907. The molecule has 0 fully saturated rings. The second-order valence-electron chi connectivity index (χ2n) is 13.2. The smallest absolute Gasteiger partial charge is 0.0651 e. The molecule has 1 heteroatoms. The molecular formula is C54H37N. The number of anilines is 3. The Balaban J connectivity index is 1.30. The molecule has 55 heavy (non-hydrogen) atoms. The van der Waals surface area contributed by atoms with Gasteiger partial charge in [-0.2, -0.15) is 0 Å². The molecule has 10 aromatic rings. The molecule has 0 saturated carbocycles. The minimum Gasteiger partial charge on any atom is -0.310 e. The Kier molecular flexibility index (Phi) is 5.61. The lowest BCUT2D eigenvalue weighted by Crippen LogP contribution is -2.10. The van der Waals surface area contributed by atoms with Crippen LogP contribution in [-0.2, 0) is 0 Å². The first-order valence-corrected chi connectivity index (χ1v) is 18.0. The predicted octanol–water partition coefficient (Wildman–Crippen LogP) is 15.3. The average Bonchev–Trinajstić information content (AvgIpc) is 3.35. The van der Waals surface area contributed by atoms with Crippen molar-refractivity contribution in [1.82, 2.24) is 0 Å². The maximum Gasteiger partial charge on any atom is 0.0651 e. The second kappa shape index (κ2) is 14.0. The zero-order valence-electron chi connectivity index (χ0n) is 41.4. The molecule has 0 unspecified atom stereocenters. The van der Waals surface area contributed by atoms with Crippen molar-refractivity contribution in [3.8, 4) is 44.5 Å². The van der Waals surface area contributed by atoms with Crippen LogP contribution in [0.1, 0.15) is 16.4 Å². The Bertz CT molecular complexity index is 3620. The van der Waals surface area contributed by atoms with Gasteiger partial charge in [0.1, 0.15) is 0 Å². The van der Waals surface area contributed by atoms with E-state index >= 15 is 0 Å². The molecule has 0 saturated heterocycles. The maximum absolute atomic E-state index is 9.89. The van der Waals surface area contributed by atoms with Gasteiger partial charge in [-0.25, -0.2) is 0 Å². The highest BCUT2D eigenvalue weighted by atomic mass is 15.1. The zero-order valence-corrected chi connectivity index (χ0v) is 29.4. The van der Waals surface area contributed by atoms with Crippen LogP contribution in [0.25, 0.3) is 76.8 Å². The third-order valence-corrected chi connectivity index (χ3v) is 9.86. The summed E-state index contributed by atoms with van der Waals surface area (Å²) in [6.45, 7) is 0. The van der Waals surface area contributed by atoms with Crippen molar-refractivity contribution in [2.24, 2.45) is 0 Å². The minimum absolute atomic E-state index is 0.0369. The van der Waals surface area contributed by atoms with Crippen LogP contribution in [0.5, 0.6) is 0 Å². The van der Waals surface area contributed by atoms with Gasteiger partial charge in [-0.3, -0.25) is 0 Å². The Morgan fingerprint density at radius 2 is 0.873 bits per heavy atom. The number of hydrogen-bond donors (Lipinski definition) is 0. The molecule has 10 rings (SSSR count). The Morgan fingerprint density at radius 3 is 1.64 bits per heavy atom. The van der Waals surface area contributed by atoms with E-state index in [0.717, 1.165) is 37.6 Å². The van der Waals surface area contributed by atoms with E-state index in [1.54, 1.807) is 42.5 Å².